The fourth-order valence-corrected chi connectivity index (χ4v) is 6.36. The lowest BCUT2D eigenvalue weighted by Crippen LogP contribution is -1.92. The smallest absolute Gasteiger partial charge is 0.161 e. The molecule has 3 aromatic heterocycles. The number of nitrogens with zero attached hydrogens (tertiary/aromatic N) is 1. The van der Waals surface area contributed by atoms with E-state index in [9.17, 15) is 0 Å². The van der Waals surface area contributed by atoms with E-state index in [1.54, 1.807) is 0 Å². The van der Waals surface area contributed by atoms with Crippen LogP contribution in [0.1, 0.15) is 0 Å². The molecule has 0 atom stereocenters. The number of hydrogen-bond donors (Lipinski definition) is 0. The van der Waals surface area contributed by atoms with Crippen LogP contribution in [0.3, 0.4) is 0 Å². The molecule has 3 heteroatoms. The maximum Gasteiger partial charge on any atom is 0.161 e. The molecule has 0 bridgehead atoms. The van der Waals surface area contributed by atoms with Crippen LogP contribution < -0.4 is 0 Å². The van der Waals surface area contributed by atoms with Crippen molar-refractivity contribution in [1.29, 1.82) is 0 Å². The number of fused-ring (bicyclic) bond motifs is 8. The van der Waals surface area contributed by atoms with E-state index in [4.69, 9.17) is 8.83 Å². The predicted octanol–water partition coefficient (Wildman–Crippen LogP) is 10.8. The van der Waals surface area contributed by atoms with E-state index in [0.29, 0.717) is 0 Å². The second kappa shape index (κ2) is 8.48. The van der Waals surface area contributed by atoms with Gasteiger partial charge < -0.3 is 13.4 Å². The van der Waals surface area contributed by atoms with Crippen molar-refractivity contribution in [1.82, 2.24) is 4.57 Å². The molecule has 6 aromatic carbocycles. The second-order valence-electron chi connectivity index (χ2n) is 10.5. The van der Waals surface area contributed by atoms with Crippen LogP contribution in [0.5, 0.6) is 0 Å². The summed E-state index contributed by atoms with van der Waals surface area (Å²) in [6.45, 7) is 0. The van der Waals surface area contributed by atoms with Crippen LogP contribution in [0, 0.1) is 0 Å². The number of para-hydroxylation sites is 3. The van der Waals surface area contributed by atoms with E-state index in [-0.39, 0.29) is 0 Å². The average Bonchev–Trinajstić information content (AvgIpc) is 3.69. The van der Waals surface area contributed by atoms with E-state index >= 15 is 0 Å². The first-order valence-electron chi connectivity index (χ1n) is 13.9. The lowest BCUT2D eigenvalue weighted by Gasteiger charge is -2.11. The van der Waals surface area contributed by atoms with Crippen molar-refractivity contribution in [2.75, 3.05) is 0 Å². The third-order valence-corrected chi connectivity index (χ3v) is 8.22. The van der Waals surface area contributed by atoms with Crippen LogP contribution >= 0.6 is 0 Å². The fourth-order valence-electron chi connectivity index (χ4n) is 6.36. The van der Waals surface area contributed by atoms with Crippen LogP contribution in [-0.4, -0.2) is 4.57 Å². The first kappa shape index (κ1) is 22.3. The normalized spacial score (nSPS) is 11.9. The summed E-state index contributed by atoms with van der Waals surface area (Å²) in [7, 11) is 0. The maximum atomic E-state index is 6.63. The van der Waals surface area contributed by atoms with Crippen LogP contribution in [-0.2, 0) is 0 Å². The second-order valence-corrected chi connectivity index (χ2v) is 10.5. The van der Waals surface area contributed by atoms with Crippen LogP contribution in [0.4, 0.5) is 0 Å². The fraction of sp³-hybridized carbons (Fsp3) is 0. The van der Waals surface area contributed by atoms with Crippen molar-refractivity contribution in [3.05, 3.63) is 140 Å². The summed E-state index contributed by atoms with van der Waals surface area (Å²) in [5, 5.41) is 4.50. The zero-order valence-electron chi connectivity index (χ0n) is 22.0. The zero-order valence-corrected chi connectivity index (χ0v) is 22.0. The molecule has 0 radical (unpaired) electrons. The summed E-state index contributed by atoms with van der Waals surface area (Å²) in [5.41, 5.74) is 11.5. The lowest BCUT2D eigenvalue weighted by molar-refractivity contribution is 0.669. The summed E-state index contributed by atoms with van der Waals surface area (Å²) in [6.07, 6.45) is 0. The Hall–Kier alpha value is -5.54. The molecule has 192 valence electrons. The Morgan fingerprint density at radius 1 is 0.415 bits per heavy atom. The number of rotatable bonds is 3. The van der Waals surface area contributed by atoms with Crippen molar-refractivity contribution in [3.8, 4) is 27.9 Å². The van der Waals surface area contributed by atoms with Gasteiger partial charge in [-0.3, -0.25) is 0 Å². The highest BCUT2D eigenvalue weighted by molar-refractivity contribution is 6.17. The number of hydrogen-bond acceptors (Lipinski definition) is 2. The Kier molecular flexibility index (Phi) is 4.61. The van der Waals surface area contributed by atoms with Crippen molar-refractivity contribution >= 4 is 54.9 Å². The molecular formula is C38H23NO2. The molecule has 9 rings (SSSR count). The molecule has 3 heterocycles. The molecule has 0 spiro atoms. The molecule has 0 unspecified atom stereocenters. The van der Waals surface area contributed by atoms with E-state index < -0.39 is 0 Å². The SMILES string of the molecule is c1ccc(-n2c3ccccc3c3oc4cc(-c5ccccc5-c5ccc6c(c5)oc5ccccc56)ccc4c32)cc1. The minimum Gasteiger partial charge on any atom is -0.456 e. The molecule has 3 nitrogen and oxygen atoms in total. The zero-order chi connectivity index (χ0) is 26.9. The third-order valence-electron chi connectivity index (χ3n) is 8.22. The first-order valence-corrected chi connectivity index (χ1v) is 13.9. The van der Waals surface area contributed by atoms with Crippen molar-refractivity contribution in [2.45, 2.75) is 0 Å². The van der Waals surface area contributed by atoms with Gasteiger partial charge in [0.05, 0.1) is 5.52 Å². The molecule has 0 aliphatic rings. The highest BCUT2D eigenvalue weighted by atomic mass is 16.3. The Morgan fingerprint density at radius 2 is 1.00 bits per heavy atom. The van der Waals surface area contributed by atoms with Gasteiger partial charge in [-0.05, 0) is 76.9 Å². The van der Waals surface area contributed by atoms with Gasteiger partial charge in [0, 0.05) is 27.2 Å². The van der Waals surface area contributed by atoms with Gasteiger partial charge in [0.25, 0.3) is 0 Å². The van der Waals surface area contributed by atoms with E-state index in [1.165, 1.54) is 0 Å². The summed E-state index contributed by atoms with van der Waals surface area (Å²) >= 11 is 0. The average molecular weight is 526 g/mol. The quantitative estimate of drug-likeness (QED) is 0.230. The number of furan rings is 2. The Bertz CT molecular complexity index is 2420. The van der Waals surface area contributed by atoms with Gasteiger partial charge in [-0.1, -0.05) is 84.9 Å². The van der Waals surface area contributed by atoms with Crippen molar-refractivity contribution in [2.24, 2.45) is 0 Å². The standard InChI is InChI=1S/C38H23NO2/c1-2-10-26(11-3-1)39-33-16-8-6-15-31(33)38-37(39)32-21-19-25(23-36(32)41-38)28-13-5-4-12-27(28)24-18-20-30-29-14-7-9-17-34(29)40-35(30)22-24/h1-23H. The molecule has 0 fully saturated rings. The Balaban J connectivity index is 1.24. The van der Waals surface area contributed by atoms with Crippen molar-refractivity contribution < 1.29 is 8.83 Å². The number of benzene rings is 6. The highest BCUT2D eigenvalue weighted by Crippen LogP contribution is 2.41. The van der Waals surface area contributed by atoms with Crippen LogP contribution in [0.2, 0.25) is 0 Å². The largest absolute Gasteiger partial charge is 0.456 e. The third kappa shape index (κ3) is 3.26. The van der Waals surface area contributed by atoms with Gasteiger partial charge >= 0.3 is 0 Å². The molecule has 9 aromatic rings. The summed E-state index contributed by atoms with van der Waals surface area (Å²) in [5.74, 6) is 0. The topological polar surface area (TPSA) is 31.2 Å². The summed E-state index contributed by atoms with van der Waals surface area (Å²) in [6, 6.07) is 48.8. The minimum absolute atomic E-state index is 0.880. The summed E-state index contributed by atoms with van der Waals surface area (Å²) < 4.78 is 15.2. The van der Waals surface area contributed by atoms with Crippen molar-refractivity contribution in [3.63, 3.8) is 0 Å². The van der Waals surface area contributed by atoms with Gasteiger partial charge in [0.2, 0.25) is 0 Å². The van der Waals surface area contributed by atoms with Gasteiger partial charge in [-0.2, -0.15) is 0 Å². The predicted molar refractivity (Wildman–Crippen MR) is 169 cm³/mol. The maximum absolute atomic E-state index is 6.63. The highest BCUT2D eigenvalue weighted by Gasteiger charge is 2.20. The minimum atomic E-state index is 0.880. The first-order chi connectivity index (χ1) is 20.3. The van der Waals surface area contributed by atoms with Crippen LogP contribution in [0.15, 0.2) is 148 Å². The molecule has 0 saturated carbocycles. The molecule has 41 heavy (non-hydrogen) atoms. The molecule has 0 amide bonds. The molecule has 0 aliphatic carbocycles. The Labute approximate surface area is 235 Å². The molecular weight excluding hydrogens is 502 g/mol. The summed E-state index contributed by atoms with van der Waals surface area (Å²) in [4.78, 5) is 0. The molecule has 0 aliphatic heterocycles. The van der Waals surface area contributed by atoms with Crippen LogP contribution in [0.25, 0.3) is 82.9 Å². The molecule has 0 N–H and O–H groups in total. The number of aromatic nitrogens is 1. The van der Waals surface area contributed by atoms with Gasteiger partial charge in [0.15, 0.2) is 5.58 Å². The molecule has 0 saturated heterocycles. The monoisotopic (exact) mass is 525 g/mol. The van der Waals surface area contributed by atoms with E-state index in [2.05, 4.69) is 132 Å². The Morgan fingerprint density at radius 3 is 1.78 bits per heavy atom. The van der Waals surface area contributed by atoms with Gasteiger partial charge in [0.1, 0.15) is 22.3 Å². The van der Waals surface area contributed by atoms with E-state index in [0.717, 1.165) is 82.9 Å². The van der Waals surface area contributed by atoms with E-state index in [1.807, 2.05) is 12.1 Å². The van der Waals surface area contributed by atoms with Gasteiger partial charge in [-0.25, -0.2) is 0 Å². The van der Waals surface area contributed by atoms with Gasteiger partial charge in [-0.15, -0.1) is 0 Å². The lowest BCUT2D eigenvalue weighted by atomic mass is 9.93.